The quantitative estimate of drug-likeness (QED) is 0.722. The van der Waals surface area contributed by atoms with Crippen LogP contribution < -0.4 is 10.6 Å². The molecule has 0 unspecified atom stereocenters. The van der Waals surface area contributed by atoms with Crippen LogP contribution in [0.4, 0.5) is 15.9 Å². The number of benzene rings is 1. The zero-order chi connectivity index (χ0) is 16.9. The van der Waals surface area contributed by atoms with Crippen molar-refractivity contribution in [1.82, 2.24) is 4.98 Å². The lowest BCUT2D eigenvalue weighted by Gasteiger charge is -2.08. The van der Waals surface area contributed by atoms with Gasteiger partial charge >= 0.3 is 0 Å². The van der Waals surface area contributed by atoms with Gasteiger partial charge in [0.2, 0.25) is 0 Å². The van der Waals surface area contributed by atoms with E-state index in [0.717, 1.165) is 5.76 Å². The van der Waals surface area contributed by atoms with Crippen LogP contribution in [0.15, 0.2) is 59.3 Å². The third-order valence-electron chi connectivity index (χ3n) is 3.24. The minimum Gasteiger partial charge on any atom is -0.467 e. The van der Waals surface area contributed by atoms with Crippen molar-refractivity contribution < 1.29 is 13.6 Å². The standard InChI is InChI=1S/C17H13ClFN3O2/c18-13-4-1-5-14(19)16(13)17(23)22-11-6-7-15(20-9-11)21-10-12-3-2-8-24-12/h1-9H,10H2,(H,20,21)(H,22,23). The van der Waals surface area contributed by atoms with Crippen LogP contribution in [0.2, 0.25) is 5.02 Å². The number of nitrogens with one attached hydrogen (secondary N) is 2. The molecule has 2 aromatic heterocycles. The second-order valence-electron chi connectivity index (χ2n) is 4.92. The van der Waals surface area contributed by atoms with Crippen molar-refractivity contribution in [2.24, 2.45) is 0 Å². The molecule has 0 radical (unpaired) electrons. The summed E-state index contributed by atoms with van der Waals surface area (Å²) in [4.78, 5) is 16.3. The zero-order valence-electron chi connectivity index (χ0n) is 12.4. The van der Waals surface area contributed by atoms with Crippen LogP contribution >= 0.6 is 11.6 Å². The molecular weight excluding hydrogens is 333 g/mol. The molecule has 122 valence electrons. The third-order valence-corrected chi connectivity index (χ3v) is 3.55. The largest absolute Gasteiger partial charge is 0.467 e. The minimum atomic E-state index is -0.676. The fourth-order valence-corrected chi connectivity index (χ4v) is 2.32. The molecule has 0 aliphatic heterocycles. The van der Waals surface area contributed by atoms with E-state index < -0.39 is 11.7 Å². The number of hydrogen-bond donors (Lipinski definition) is 2. The number of amides is 1. The summed E-state index contributed by atoms with van der Waals surface area (Å²) in [5.74, 6) is 0.0950. The molecule has 0 saturated heterocycles. The molecule has 3 rings (SSSR count). The van der Waals surface area contributed by atoms with Gasteiger partial charge in [-0.2, -0.15) is 0 Å². The summed E-state index contributed by atoms with van der Waals surface area (Å²) in [5, 5.41) is 5.70. The Morgan fingerprint density at radius 1 is 1.21 bits per heavy atom. The van der Waals surface area contributed by atoms with Crippen LogP contribution in [0.3, 0.4) is 0 Å². The minimum absolute atomic E-state index is 0.0530. The van der Waals surface area contributed by atoms with E-state index in [1.54, 1.807) is 24.5 Å². The first kappa shape index (κ1) is 16.0. The fourth-order valence-electron chi connectivity index (χ4n) is 2.07. The second-order valence-corrected chi connectivity index (χ2v) is 5.32. The Labute approximate surface area is 142 Å². The van der Waals surface area contributed by atoms with Gasteiger partial charge in [-0.05, 0) is 36.4 Å². The molecule has 1 amide bonds. The summed E-state index contributed by atoms with van der Waals surface area (Å²) in [7, 11) is 0. The van der Waals surface area contributed by atoms with Crippen molar-refractivity contribution in [3.63, 3.8) is 0 Å². The van der Waals surface area contributed by atoms with Gasteiger partial charge in [0.15, 0.2) is 0 Å². The van der Waals surface area contributed by atoms with Gasteiger partial charge in [-0.15, -0.1) is 0 Å². The summed E-state index contributed by atoms with van der Waals surface area (Å²) < 4.78 is 18.9. The number of nitrogens with zero attached hydrogens (tertiary/aromatic N) is 1. The summed E-state index contributed by atoms with van der Waals surface area (Å²) in [5.41, 5.74) is 0.238. The highest BCUT2D eigenvalue weighted by atomic mass is 35.5. The van der Waals surface area contributed by atoms with E-state index in [4.69, 9.17) is 16.0 Å². The van der Waals surface area contributed by atoms with E-state index >= 15 is 0 Å². The van der Waals surface area contributed by atoms with Crippen molar-refractivity contribution in [1.29, 1.82) is 0 Å². The molecule has 1 aromatic carbocycles. The number of rotatable bonds is 5. The number of anilines is 2. The van der Waals surface area contributed by atoms with E-state index in [0.29, 0.717) is 18.1 Å². The lowest BCUT2D eigenvalue weighted by molar-refractivity contribution is 0.102. The predicted molar refractivity (Wildman–Crippen MR) is 89.6 cm³/mol. The molecular formula is C17H13ClFN3O2. The van der Waals surface area contributed by atoms with Crippen LogP contribution in [-0.2, 0) is 6.54 Å². The number of aromatic nitrogens is 1. The maximum atomic E-state index is 13.7. The first-order valence-electron chi connectivity index (χ1n) is 7.11. The average Bonchev–Trinajstić information content (AvgIpc) is 3.07. The highest BCUT2D eigenvalue weighted by molar-refractivity contribution is 6.34. The molecule has 3 aromatic rings. The third kappa shape index (κ3) is 3.72. The Balaban J connectivity index is 1.64. The summed E-state index contributed by atoms with van der Waals surface area (Å²) in [6.07, 6.45) is 3.06. The van der Waals surface area contributed by atoms with Gasteiger partial charge in [0, 0.05) is 0 Å². The lowest BCUT2D eigenvalue weighted by Crippen LogP contribution is -2.14. The first-order chi connectivity index (χ1) is 11.6. The Hall–Kier alpha value is -2.86. The topological polar surface area (TPSA) is 67.2 Å². The van der Waals surface area contributed by atoms with Gasteiger partial charge in [0.25, 0.3) is 5.91 Å². The molecule has 0 aliphatic carbocycles. The van der Waals surface area contributed by atoms with E-state index in [-0.39, 0.29) is 10.6 Å². The van der Waals surface area contributed by atoms with E-state index in [9.17, 15) is 9.18 Å². The number of halogens is 2. The first-order valence-corrected chi connectivity index (χ1v) is 7.49. The van der Waals surface area contributed by atoms with Gasteiger partial charge in [0.05, 0.1) is 35.3 Å². The highest BCUT2D eigenvalue weighted by Crippen LogP contribution is 2.20. The van der Waals surface area contributed by atoms with Gasteiger partial charge in [-0.1, -0.05) is 17.7 Å². The number of carbonyl (C=O) groups is 1. The van der Waals surface area contributed by atoms with Crippen LogP contribution in [0.25, 0.3) is 0 Å². The predicted octanol–water partition coefficient (Wildman–Crippen LogP) is 4.33. The Kier molecular flexibility index (Phi) is 4.77. The monoisotopic (exact) mass is 345 g/mol. The van der Waals surface area contributed by atoms with Crippen molar-refractivity contribution in [3.05, 3.63) is 77.1 Å². The zero-order valence-corrected chi connectivity index (χ0v) is 13.2. The maximum absolute atomic E-state index is 13.7. The van der Waals surface area contributed by atoms with Gasteiger partial charge in [-0.25, -0.2) is 9.37 Å². The number of pyridine rings is 1. The van der Waals surface area contributed by atoms with Crippen molar-refractivity contribution in [2.45, 2.75) is 6.54 Å². The maximum Gasteiger partial charge on any atom is 0.260 e. The van der Waals surface area contributed by atoms with Gasteiger partial charge < -0.3 is 15.1 Å². The molecule has 0 saturated carbocycles. The molecule has 0 aliphatic rings. The Bertz CT molecular complexity index is 815. The van der Waals surface area contributed by atoms with E-state index in [2.05, 4.69) is 15.6 Å². The van der Waals surface area contributed by atoms with Crippen LogP contribution in [0.1, 0.15) is 16.1 Å². The Morgan fingerprint density at radius 2 is 2.08 bits per heavy atom. The van der Waals surface area contributed by atoms with Gasteiger partial charge in [-0.3, -0.25) is 4.79 Å². The van der Waals surface area contributed by atoms with E-state index in [1.807, 2.05) is 6.07 Å². The molecule has 0 fully saturated rings. The van der Waals surface area contributed by atoms with Crippen molar-refractivity contribution in [3.8, 4) is 0 Å². The summed E-state index contributed by atoms with van der Waals surface area (Å²) in [6.45, 7) is 0.497. The highest BCUT2D eigenvalue weighted by Gasteiger charge is 2.15. The average molecular weight is 346 g/mol. The molecule has 5 nitrogen and oxygen atoms in total. The fraction of sp³-hybridized carbons (Fsp3) is 0.0588. The molecule has 2 heterocycles. The van der Waals surface area contributed by atoms with Crippen LogP contribution in [-0.4, -0.2) is 10.9 Å². The number of carbonyl (C=O) groups excluding carboxylic acids is 1. The van der Waals surface area contributed by atoms with Gasteiger partial charge in [0.1, 0.15) is 17.4 Å². The van der Waals surface area contributed by atoms with Crippen LogP contribution in [0.5, 0.6) is 0 Å². The number of hydrogen-bond acceptors (Lipinski definition) is 4. The lowest BCUT2D eigenvalue weighted by atomic mass is 10.2. The Morgan fingerprint density at radius 3 is 2.75 bits per heavy atom. The number of furan rings is 1. The smallest absolute Gasteiger partial charge is 0.260 e. The summed E-state index contributed by atoms with van der Waals surface area (Å²) in [6, 6.07) is 11.1. The SMILES string of the molecule is O=C(Nc1ccc(NCc2ccco2)nc1)c1c(F)cccc1Cl. The second kappa shape index (κ2) is 7.14. The van der Waals surface area contributed by atoms with Crippen molar-refractivity contribution >= 4 is 29.0 Å². The molecule has 2 N–H and O–H groups in total. The van der Waals surface area contributed by atoms with E-state index in [1.165, 1.54) is 24.4 Å². The van der Waals surface area contributed by atoms with Crippen molar-refractivity contribution in [2.75, 3.05) is 10.6 Å². The molecule has 0 spiro atoms. The molecule has 24 heavy (non-hydrogen) atoms. The summed E-state index contributed by atoms with van der Waals surface area (Å²) >= 11 is 5.87. The normalized spacial score (nSPS) is 10.4. The molecule has 0 atom stereocenters. The molecule has 7 heteroatoms. The van der Waals surface area contributed by atoms with Crippen LogP contribution in [0, 0.1) is 5.82 Å². The molecule has 0 bridgehead atoms.